The lowest BCUT2D eigenvalue weighted by Gasteiger charge is -2.28. The van der Waals surface area contributed by atoms with Crippen molar-refractivity contribution in [3.63, 3.8) is 0 Å². The monoisotopic (exact) mass is 326 g/mol. The summed E-state index contributed by atoms with van der Waals surface area (Å²) in [6.07, 6.45) is 3.91. The molecule has 0 spiro atoms. The minimum Gasteiger partial charge on any atom is -0.126 e. The number of alkyl halides is 1. The lowest BCUT2D eigenvalue weighted by molar-refractivity contribution is 0.295. The predicted molar refractivity (Wildman–Crippen MR) is 85.9 cm³/mol. The minimum atomic E-state index is 0.382. The molecule has 2 heteroatoms. The molecule has 1 aromatic carbocycles. The third kappa shape index (κ3) is 3.54. The van der Waals surface area contributed by atoms with Crippen LogP contribution >= 0.6 is 27.7 Å². The summed E-state index contributed by atoms with van der Waals surface area (Å²) in [4.78, 5) is 1.45. The van der Waals surface area contributed by atoms with E-state index in [0.717, 1.165) is 11.2 Å². The van der Waals surface area contributed by atoms with Gasteiger partial charge in [0, 0.05) is 16.0 Å². The summed E-state index contributed by atoms with van der Waals surface area (Å²) >= 11 is 5.68. The third-order valence-electron chi connectivity index (χ3n) is 3.93. The highest BCUT2D eigenvalue weighted by atomic mass is 79.9. The van der Waals surface area contributed by atoms with Gasteiger partial charge >= 0.3 is 0 Å². The highest BCUT2D eigenvalue weighted by Gasteiger charge is 2.23. The average Bonchev–Trinajstić information content (AvgIpc) is 2.75. The van der Waals surface area contributed by atoms with Gasteiger partial charge < -0.3 is 0 Å². The number of hydrogen-bond acceptors (Lipinski definition) is 1. The van der Waals surface area contributed by atoms with E-state index < -0.39 is 0 Å². The summed E-state index contributed by atoms with van der Waals surface area (Å²) in [6, 6.07) is 7.06. The van der Waals surface area contributed by atoms with Crippen molar-refractivity contribution in [3.8, 4) is 0 Å². The first-order chi connectivity index (χ1) is 8.50. The predicted octanol–water partition coefficient (Wildman–Crippen LogP) is 5.32. The molecule has 18 heavy (non-hydrogen) atoms. The molecular formula is C16H23BrS. The van der Waals surface area contributed by atoms with E-state index >= 15 is 0 Å². The van der Waals surface area contributed by atoms with Crippen LogP contribution in [0.3, 0.4) is 0 Å². The molecule has 0 fully saturated rings. The average molecular weight is 327 g/mol. The van der Waals surface area contributed by atoms with Crippen LogP contribution in [0.4, 0.5) is 0 Å². The molecule has 1 atom stereocenters. The fourth-order valence-corrected chi connectivity index (χ4v) is 5.27. The molecule has 0 nitrogen and oxygen atoms in total. The van der Waals surface area contributed by atoms with E-state index in [9.17, 15) is 0 Å². The van der Waals surface area contributed by atoms with Crippen molar-refractivity contribution in [2.24, 2.45) is 11.3 Å². The van der Waals surface area contributed by atoms with Crippen LogP contribution in [0.1, 0.15) is 38.3 Å². The van der Waals surface area contributed by atoms with Gasteiger partial charge in [-0.05, 0) is 53.9 Å². The standard InChI is InChI=1S/C16H23BrS/c1-16(2,3)14(10-17)11-18-15-8-7-12-5-4-6-13(12)9-15/h7-9,14H,4-6,10-11H2,1-3H3. The Morgan fingerprint density at radius 3 is 2.61 bits per heavy atom. The van der Waals surface area contributed by atoms with Crippen molar-refractivity contribution in [2.75, 3.05) is 11.1 Å². The molecule has 0 saturated heterocycles. The Labute approximate surface area is 124 Å². The van der Waals surface area contributed by atoms with Crippen LogP contribution in [-0.2, 0) is 12.8 Å². The summed E-state index contributed by atoms with van der Waals surface area (Å²) in [7, 11) is 0. The first-order valence-electron chi connectivity index (χ1n) is 6.81. The molecule has 0 saturated carbocycles. The number of fused-ring (bicyclic) bond motifs is 1. The van der Waals surface area contributed by atoms with Gasteiger partial charge in [-0.3, -0.25) is 0 Å². The number of hydrogen-bond donors (Lipinski definition) is 0. The van der Waals surface area contributed by atoms with E-state index in [4.69, 9.17) is 0 Å². The number of aryl methyl sites for hydroxylation is 2. The smallest absolute Gasteiger partial charge is 0.00749 e. The van der Waals surface area contributed by atoms with Crippen molar-refractivity contribution >= 4 is 27.7 Å². The summed E-state index contributed by atoms with van der Waals surface area (Å²) < 4.78 is 0. The van der Waals surface area contributed by atoms with E-state index in [1.165, 1.54) is 29.9 Å². The first-order valence-corrected chi connectivity index (χ1v) is 8.92. The molecule has 100 valence electrons. The molecule has 2 rings (SSSR count). The molecule has 0 amide bonds. The van der Waals surface area contributed by atoms with E-state index in [2.05, 4.69) is 54.9 Å². The normalized spacial score (nSPS) is 16.7. The number of benzene rings is 1. The second-order valence-electron chi connectivity index (χ2n) is 6.31. The minimum absolute atomic E-state index is 0.382. The van der Waals surface area contributed by atoms with Crippen LogP contribution in [0.2, 0.25) is 0 Å². The zero-order valence-electron chi connectivity index (χ0n) is 11.6. The quantitative estimate of drug-likeness (QED) is 0.532. The van der Waals surface area contributed by atoms with Gasteiger partial charge in [-0.1, -0.05) is 42.8 Å². The van der Waals surface area contributed by atoms with Crippen molar-refractivity contribution in [3.05, 3.63) is 29.3 Å². The molecule has 0 radical (unpaired) electrons. The fourth-order valence-electron chi connectivity index (χ4n) is 2.36. The molecule has 0 heterocycles. The molecule has 0 aliphatic heterocycles. The van der Waals surface area contributed by atoms with E-state index in [0.29, 0.717) is 5.41 Å². The van der Waals surface area contributed by atoms with Crippen molar-refractivity contribution in [1.29, 1.82) is 0 Å². The van der Waals surface area contributed by atoms with Crippen LogP contribution in [0.25, 0.3) is 0 Å². The Kier molecular flexibility index (Phi) is 4.82. The molecule has 1 unspecified atom stereocenters. The maximum atomic E-state index is 3.66. The van der Waals surface area contributed by atoms with Gasteiger partial charge in [0.05, 0.1) is 0 Å². The Morgan fingerprint density at radius 1 is 1.22 bits per heavy atom. The second kappa shape index (κ2) is 6.00. The number of rotatable bonds is 4. The van der Waals surface area contributed by atoms with Crippen LogP contribution in [0.15, 0.2) is 23.1 Å². The van der Waals surface area contributed by atoms with Gasteiger partial charge in [-0.2, -0.15) is 0 Å². The van der Waals surface area contributed by atoms with Crippen molar-refractivity contribution in [1.82, 2.24) is 0 Å². The van der Waals surface area contributed by atoms with Gasteiger partial charge in [-0.15, -0.1) is 11.8 Å². The Balaban J connectivity index is 1.98. The van der Waals surface area contributed by atoms with Gasteiger partial charge in [0.15, 0.2) is 0 Å². The highest BCUT2D eigenvalue weighted by molar-refractivity contribution is 9.09. The topological polar surface area (TPSA) is 0 Å². The molecule has 0 N–H and O–H groups in total. The summed E-state index contributed by atoms with van der Waals surface area (Å²) in [6.45, 7) is 7.01. The van der Waals surface area contributed by atoms with Crippen LogP contribution in [-0.4, -0.2) is 11.1 Å². The lowest BCUT2D eigenvalue weighted by Crippen LogP contribution is -2.23. The SMILES string of the molecule is CC(C)(C)C(CBr)CSc1ccc2c(c1)CCC2. The van der Waals surface area contributed by atoms with E-state index in [-0.39, 0.29) is 0 Å². The zero-order chi connectivity index (χ0) is 13.2. The van der Waals surface area contributed by atoms with Crippen LogP contribution < -0.4 is 0 Å². The maximum Gasteiger partial charge on any atom is 0.00749 e. The Hall–Kier alpha value is 0.0500. The van der Waals surface area contributed by atoms with Crippen molar-refractivity contribution < 1.29 is 0 Å². The Morgan fingerprint density at radius 2 is 1.94 bits per heavy atom. The number of halogens is 1. The molecule has 0 bridgehead atoms. The summed E-state index contributed by atoms with van der Waals surface area (Å²) in [5.41, 5.74) is 3.55. The molecular weight excluding hydrogens is 304 g/mol. The van der Waals surface area contributed by atoms with Crippen molar-refractivity contribution in [2.45, 2.75) is 44.9 Å². The fraction of sp³-hybridized carbons (Fsp3) is 0.625. The highest BCUT2D eigenvalue weighted by Crippen LogP contribution is 2.34. The zero-order valence-corrected chi connectivity index (χ0v) is 14.0. The maximum absolute atomic E-state index is 3.66. The first kappa shape index (κ1) is 14.5. The van der Waals surface area contributed by atoms with Gasteiger partial charge in [0.1, 0.15) is 0 Å². The molecule has 1 aliphatic carbocycles. The third-order valence-corrected chi connectivity index (χ3v) is 5.87. The van der Waals surface area contributed by atoms with E-state index in [1.807, 2.05) is 11.8 Å². The molecule has 1 aromatic rings. The van der Waals surface area contributed by atoms with Gasteiger partial charge in [-0.25, -0.2) is 0 Å². The number of thioether (sulfide) groups is 1. The van der Waals surface area contributed by atoms with Gasteiger partial charge in [0.25, 0.3) is 0 Å². The van der Waals surface area contributed by atoms with E-state index in [1.54, 1.807) is 11.1 Å². The Bertz CT molecular complexity index is 406. The lowest BCUT2D eigenvalue weighted by atomic mass is 9.83. The molecule has 0 aromatic heterocycles. The van der Waals surface area contributed by atoms with Crippen LogP contribution in [0.5, 0.6) is 0 Å². The summed E-state index contributed by atoms with van der Waals surface area (Å²) in [5, 5.41) is 1.09. The largest absolute Gasteiger partial charge is 0.126 e. The second-order valence-corrected chi connectivity index (χ2v) is 8.05. The van der Waals surface area contributed by atoms with Gasteiger partial charge in [0.2, 0.25) is 0 Å². The molecule has 1 aliphatic rings. The van der Waals surface area contributed by atoms with Crippen LogP contribution in [0, 0.1) is 11.3 Å². The summed E-state index contributed by atoms with van der Waals surface area (Å²) in [5.74, 6) is 1.92.